The van der Waals surface area contributed by atoms with E-state index in [2.05, 4.69) is 6.58 Å². The second-order valence-electron chi connectivity index (χ2n) is 9.62. The summed E-state index contributed by atoms with van der Waals surface area (Å²) in [7, 11) is 0. The van der Waals surface area contributed by atoms with Gasteiger partial charge in [-0.1, -0.05) is 42.2 Å². The van der Waals surface area contributed by atoms with Crippen LogP contribution in [0, 0.1) is 13.8 Å². The van der Waals surface area contributed by atoms with Gasteiger partial charge in [-0.3, -0.25) is 14.5 Å². The molecule has 202 valence electrons. The average molecular weight is 555 g/mol. The zero-order valence-corrected chi connectivity index (χ0v) is 22.8. The average Bonchev–Trinajstić information content (AvgIpc) is 3.49. The smallest absolute Gasteiger partial charge is 0.301 e. The topological polar surface area (TPSA) is 98.2 Å². The van der Waals surface area contributed by atoms with Gasteiger partial charge in [-0.2, -0.15) is 0 Å². The van der Waals surface area contributed by atoms with Crippen molar-refractivity contribution in [2.75, 3.05) is 24.7 Å². The number of nitrogens with zero attached hydrogens (tertiary/aromatic N) is 2. The molecule has 1 amide bonds. The molecule has 0 aliphatic carbocycles. The number of fused-ring (bicyclic) bond motifs is 2. The summed E-state index contributed by atoms with van der Waals surface area (Å²) in [5.41, 5.74) is 3.69. The number of carbonyl (C=O) groups excluding carboxylic acids is 2. The Balaban J connectivity index is 1.54. The summed E-state index contributed by atoms with van der Waals surface area (Å²) in [6.45, 7) is 8.74. The van der Waals surface area contributed by atoms with Crippen LogP contribution in [0.2, 0.25) is 0 Å². The predicted octanol–water partition coefficient (Wildman–Crippen LogP) is 5.88. The zero-order valence-electron chi connectivity index (χ0n) is 22.0. The van der Waals surface area contributed by atoms with Crippen LogP contribution in [-0.2, 0) is 9.59 Å². The molecular weight excluding hydrogens is 528 g/mol. The molecule has 0 bridgehead atoms. The summed E-state index contributed by atoms with van der Waals surface area (Å²) < 4.78 is 17.9. The normalized spacial score (nSPS) is 17.9. The molecule has 2 aliphatic heterocycles. The number of aliphatic hydroxyl groups is 1. The lowest BCUT2D eigenvalue weighted by Gasteiger charge is -2.23. The van der Waals surface area contributed by atoms with Crippen molar-refractivity contribution in [3.8, 4) is 17.2 Å². The first-order valence-electron chi connectivity index (χ1n) is 12.8. The van der Waals surface area contributed by atoms with Crippen LogP contribution in [0.1, 0.15) is 28.3 Å². The summed E-state index contributed by atoms with van der Waals surface area (Å²) in [6, 6.07) is 15.1. The molecule has 1 aromatic heterocycles. The molecular formula is C31H26N2O6S. The molecule has 9 heteroatoms. The van der Waals surface area contributed by atoms with E-state index in [1.54, 1.807) is 48.5 Å². The third-order valence-electron chi connectivity index (χ3n) is 6.83. The van der Waals surface area contributed by atoms with Crippen molar-refractivity contribution < 1.29 is 28.9 Å². The maximum Gasteiger partial charge on any atom is 0.301 e. The van der Waals surface area contributed by atoms with Crippen molar-refractivity contribution >= 4 is 44.1 Å². The van der Waals surface area contributed by atoms with Crippen LogP contribution in [0.4, 0.5) is 5.13 Å². The van der Waals surface area contributed by atoms with Gasteiger partial charge in [-0.25, -0.2) is 4.98 Å². The van der Waals surface area contributed by atoms with E-state index >= 15 is 0 Å². The number of thiazole rings is 1. The molecule has 3 heterocycles. The Kier molecular flexibility index (Phi) is 6.51. The minimum Gasteiger partial charge on any atom is -0.507 e. The molecule has 8 nitrogen and oxygen atoms in total. The Morgan fingerprint density at radius 2 is 1.93 bits per heavy atom. The number of ketones is 1. The van der Waals surface area contributed by atoms with E-state index in [4.69, 9.17) is 19.2 Å². The van der Waals surface area contributed by atoms with Gasteiger partial charge in [-0.15, -0.1) is 0 Å². The van der Waals surface area contributed by atoms with E-state index in [-0.39, 0.29) is 17.9 Å². The van der Waals surface area contributed by atoms with Gasteiger partial charge in [0.25, 0.3) is 5.78 Å². The van der Waals surface area contributed by atoms with Crippen molar-refractivity contribution in [3.05, 3.63) is 95.1 Å². The number of carbonyl (C=O) groups is 2. The lowest BCUT2D eigenvalue weighted by Crippen LogP contribution is -2.29. The number of benzene rings is 3. The third-order valence-corrected chi connectivity index (χ3v) is 7.83. The Bertz CT molecular complexity index is 1720. The molecule has 40 heavy (non-hydrogen) atoms. The molecule has 4 aromatic rings. The van der Waals surface area contributed by atoms with Crippen molar-refractivity contribution in [2.24, 2.45) is 0 Å². The first-order chi connectivity index (χ1) is 19.4. The quantitative estimate of drug-likeness (QED) is 0.138. The molecule has 1 atom stereocenters. The molecule has 1 unspecified atom stereocenters. The Morgan fingerprint density at radius 1 is 1.12 bits per heavy atom. The molecule has 1 saturated heterocycles. The van der Waals surface area contributed by atoms with Crippen LogP contribution < -0.4 is 19.1 Å². The molecule has 1 N–H and O–H groups in total. The van der Waals surface area contributed by atoms with Crippen molar-refractivity contribution in [3.63, 3.8) is 0 Å². The van der Waals surface area contributed by atoms with Gasteiger partial charge in [0, 0.05) is 5.56 Å². The van der Waals surface area contributed by atoms with Crippen molar-refractivity contribution in [1.29, 1.82) is 0 Å². The highest BCUT2D eigenvalue weighted by Gasteiger charge is 2.48. The number of aromatic nitrogens is 1. The second-order valence-corrected chi connectivity index (χ2v) is 10.6. The Hall–Kier alpha value is -4.63. The van der Waals surface area contributed by atoms with Crippen LogP contribution in [0.25, 0.3) is 16.0 Å². The number of aryl methyl sites for hydroxylation is 2. The van der Waals surface area contributed by atoms with Gasteiger partial charge >= 0.3 is 5.91 Å². The number of hydrogen-bond acceptors (Lipinski definition) is 8. The third kappa shape index (κ3) is 4.38. The monoisotopic (exact) mass is 554 g/mol. The number of Topliss-reactive ketones (excluding diaryl/α,β-unsaturated/α-hetero) is 1. The zero-order chi connectivity index (χ0) is 28.0. The highest BCUT2D eigenvalue weighted by atomic mass is 32.1. The maximum absolute atomic E-state index is 13.7. The molecule has 6 rings (SSSR count). The number of amides is 1. The van der Waals surface area contributed by atoms with Gasteiger partial charge in [0.2, 0.25) is 0 Å². The van der Waals surface area contributed by atoms with E-state index in [9.17, 15) is 14.7 Å². The minimum absolute atomic E-state index is 0.0466. The molecule has 0 saturated carbocycles. The lowest BCUT2D eigenvalue weighted by atomic mass is 9.95. The first-order valence-corrected chi connectivity index (χ1v) is 13.6. The summed E-state index contributed by atoms with van der Waals surface area (Å²) in [4.78, 5) is 33.5. The minimum atomic E-state index is -0.942. The second kappa shape index (κ2) is 10.2. The van der Waals surface area contributed by atoms with Crippen molar-refractivity contribution in [1.82, 2.24) is 4.98 Å². The fourth-order valence-corrected chi connectivity index (χ4v) is 6.25. The van der Waals surface area contributed by atoms with Crippen LogP contribution in [0.15, 0.2) is 72.8 Å². The predicted molar refractivity (Wildman–Crippen MR) is 153 cm³/mol. The number of ether oxygens (including phenoxy) is 3. The number of hydrogen-bond donors (Lipinski definition) is 1. The van der Waals surface area contributed by atoms with E-state index in [1.165, 1.54) is 16.2 Å². The molecule has 2 aliphatic rings. The summed E-state index contributed by atoms with van der Waals surface area (Å²) >= 11 is 1.33. The largest absolute Gasteiger partial charge is 0.507 e. The number of rotatable bonds is 6. The van der Waals surface area contributed by atoms with E-state index in [1.807, 2.05) is 26.0 Å². The summed E-state index contributed by atoms with van der Waals surface area (Å²) in [5, 5.41) is 11.9. The fourth-order valence-electron chi connectivity index (χ4n) is 5.08. The van der Waals surface area contributed by atoms with Gasteiger partial charge in [-0.05, 0) is 66.9 Å². The number of aliphatic hydroxyl groups excluding tert-OH is 1. The molecule has 0 spiro atoms. The Labute approximate surface area is 234 Å². The number of anilines is 1. The lowest BCUT2D eigenvalue weighted by molar-refractivity contribution is -0.132. The van der Waals surface area contributed by atoms with Crippen LogP contribution >= 0.6 is 11.3 Å². The highest BCUT2D eigenvalue weighted by Crippen LogP contribution is 2.46. The van der Waals surface area contributed by atoms with Gasteiger partial charge in [0.15, 0.2) is 16.6 Å². The first kappa shape index (κ1) is 25.6. The van der Waals surface area contributed by atoms with Crippen LogP contribution in [0.3, 0.4) is 0 Å². The van der Waals surface area contributed by atoms with E-state index in [0.29, 0.717) is 46.7 Å². The van der Waals surface area contributed by atoms with Gasteiger partial charge < -0.3 is 19.3 Å². The SMILES string of the molecule is C=CCOc1cccc(C2/C(=C(\O)c3ccc4c(c3)OCCO4)C(=O)C(=O)N2c2nc3c(C)cc(C)cc3s2)c1. The van der Waals surface area contributed by atoms with Crippen LogP contribution in [-0.4, -0.2) is 41.6 Å². The van der Waals surface area contributed by atoms with E-state index < -0.39 is 17.7 Å². The van der Waals surface area contributed by atoms with Crippen molar-refractivity contribution in [2.45, 2.75) is 19.9 Å². The fraction of sp³-hybridized carbons (Fsp3) is 0.194. The molecule has 3 aromatic carbocycles. The maximum atomic E-state index is 13.7. The summed E-state index contributed by atoms with van der Waals surface area (Å²) in [5.74, 6) is -0.340. The van der Waals surface area contributed by atoms with Gasteiger partial charge in [0.1, 0.15) is 31.3 Å². The standard InChI is InChI=1S/C31H26N2O6S/c1-4-10-37-21-7-5-6-19(15-21)27-25(28(34)20-8-9-22-23(16-20)39-12-11-38-22)29(35)30(36)33(27)31-32-26-18(3)13-17(2)14-24(26)40-31/h4-9,13-16,27,34H,1,10-12H2,2-3H3/b28-25+. The Morgan fingerprint density at radius 3 is 2.73 bits per heavy atom. The molecule has 1 fully saturated rings. The van der Waals surface area contributed by atoms with E-state index in [0.717, 1.165) is 21.3 Å². The van der Waals surface area contributed by atoms with Crippen LogP contribution in [0.5, 0.6) is 17.2 Å². The highest BCUT2D eigenvalue weighted by molar-refractivity contribution is 7.22. The summed E-state index contributed by atoms with van der Waals surface area (Å²) in [6.07, 6.45) is 1.63. The molecule has 0 radical (unpaired) electrons. The van der Waals surface area contributed by atoms with Gasteiger partial charge in [0.05, 0.1) is 21.8 Å².